The molecule has 0 amide bonds. The summed E-state index contributed by atoms with van der Waals surface area (Å²) in [5, 5.41) is 14.0. The fourth-order valence-electron chi connectivity index (χ4n) is 4.56. The van der Waals surface area contributed by atoms with Gasteiger partial charge in [0.1, 0.15) is 0 Å². The molecular weight excluding hydrogens is 417 g/mol. The van der Waals surface area contributed by atoms with Crippen LogP contribution in [0.3, 0.4) is 0 Å². The number of rotatable bonds is 4. The fourth-order valence-corrected chi connectivity index (χ4v) is 4.80. The summed E-state index contributed by atoms with van der Waals surface area (Å²) in [4.78, 5) is 11.2. The molecule has 1 N–H and O–H groups in total. The SMILES string of the molecule is O=C(O)C1=CCC(n2nc(Cc3c(Cl)cccc3C(F)(F)F)c3c2CCCC3)CC1. The molecule has 1 unspecified atom stereocenters. The van der Waals surface area contributed by atoms with Crippen molar-refractivity contribution in [3.05, 3.63) is 62.9 Å². The highest BCUT2D eigenvalue weighted by molar-refractivity contribution is 6.31. The number of hydrogen-bond donors (Lipinski definition) is 1. The average molecular weight is 439 g/mol. The van der Waals surface area contributed by atoms with E-state index in [9.17, 15) is 23.1 Å². The summed E-state index contributed by atoms with van der Waals surface area (Å²) in [6.07, 6.45) is 2.60. The summed E-state index contributed by atoms with van der Waals surface area (Å²) in [7, 11) is 0. The van der Waals surface area contributed by atoms with Gasteiger partial charge in [0.2, 0.25) is 0 Å². The van der Waals surface area contributed by atoms with Crippen LogP contribution >= 0.6 is 11.6 Å². The molecule has 160 valence electrons. The lowest BCUT2D eigenvalue weighted by Gasteiger charge is -2.24. The molecule has 1 aromatic heterocycles. The Labute approximate surface area is 177 Å². The number of halogens is 4. The smallest absolute Gasteiger partial charge is 0.416 e. The third-order valence-corrected chi connectivity index (χ3v) is 6.42. The Morgan fingerprint density at radius 3 is 2.67 bits per heavy atom. The van der Waals surface area contributed by atoms with Crippen molar-refractivity contribution in [2.75, 3.05) is 0 Å². The van der Waals surface area contributed by atoms with Crippen LogP contribution in [-0.2, 0) is 30.2 Å². The van der Waals surface area contributed by atoms with Crippen LogP contribution in [0.4, 0.5) is 13.2 Å². The molecule has 0 saturated heterocycles. The second kappa shape index (κ2) is 8.10. The van der Waals surface area contributed by atoms with Gasteiger partial charge in [0.05, 0.1) is 17.3 Å². The Morgan fingerprint density at radius 2 is 2.00 bits per heavy atom. The van der Waals surface area contributed by atoms with Crippen LogP contribution in [-0.4, -0.2) is 20.9 Å². The summed E-state index contributed by atoms with van der Waals surface area (Å²) in [6.45, 7) is 0. The number of carboxylic acid groups (broad SMARTS) is 1. The topological polar surface area (TPSA) is 55.1 Å². The number of carboxylic acids is 1. The molecule has 0 saturated carbocycles. The van der Waals surface area contributed by atoms with Crippen molar-refractivity contribution < 1.29 is 23.1 Å². The molecule has 0 radical (unpaired) electrons. The van der Waals surface area contributed by atoms with E-state index in [1.807, 2.05) is 4.68 Å². The maximum absolute atomic E-state index is 13.5. The van der Waals surface area contributed by atoms with E-state index >= 15 is 0 Å². The molecule has 2 aliphatic rings. The van der Waals surface area contributed by atoms with Gasteiger partial charge in [-0.1, -0.05) is 23.7 Å². The summed E-state index contributed by atoms with van der Waals surface area (Å²) in [5.74, 6) is -0.893. The van der Waals surface area contributed by atoms with Crippen LogP contribution in [0.15, 0.2) is 29.8 Å². The van der Waals surface area contributed by atoms with Crippen molar-refractivity contribution in [3.8, 4) is 0 Å². The quantitative estimate of drug-likeness (QED) is 0.660. The van der Waals surface area contributed by atoms with Crippen LogP contribution in [0.25, 0.3) is 0 Å². The molecule has 4 rings (SSSR count). The molecule has 1 aromatic carbocycles. The molecule has 0 spiro atoms. The maximum Gasteiger partial charge on any atom is 0.416 e. The Kier molecular flexibility index (Phi) is 5.66. The first-order chi connectivity index (χ1) is 14.3. The lowest BCUT2D eigenvalue weighted by molar-refractivity contribution is -0.138. The molecule has 1 atom stereocenters. The first-order valence-electron chi connectivity index (χ1n) is 10.1. The van der Waals surface area contributed by atoms with Gasteiger partial charge in [-0.3, -0.25) is 4.68 Å². The van der Waals surface area contributed by atoms with E-state index in [1.54, 1.807) is 6.08 Å². The largest absolute Gasteiger partial charge is 0.478 e. The van der Waals surface area contributed by atoms with E-state index in [4.69, 9.17) is 16.7 Å². The molecule has 0 fully saturated rings. The minimum atomic E-state index is -4.48. The van der Waals surface area contributed by atoms with E-state index in [2.05, 4.69) is 0 Å². The van der Waals surface area contributed by atoms with E-state index in [0.29, 0.717) is 30.5 Å². The number of benzene rings is 1. The first kappa shape index (κ1) is 21.0. The highest BCUT2D eigenvalue weighted by Gasteiger charge is 2.35. The predicted octanol–water partition coefficient (Wildman–Crippen LogP) is 5.76. The summed E-state index contributed by atoms with van der Waals surface area (Å²) < 4.78 is 42.5. The average Bonchev–Trinajstić information content (AvgIpc) is 3.07. The third-order valence-electron chi connectivity index (χ3n) is 6.06. The zero-order valence-electron chi connectivity index (χ0n) is 16.3. The zero-order valence-corrected chi connectivity index (χ0v) is 17.1. The first-order valence-corrected chi connectivity index (χ1v) is 10.5. The number of fused-ring (bicyclic) bond motifs is 1. The Bertz CT molecular complexity index is 1010. The number of alkyl halides is 3. The predicted molar refractivity (Wildman–Crippen MR) is 107 cm³/mol. The number of allylic oxidation sites excluding steroid dienone is 1. The second-order valence-electron chi connectivity index (χ2n) is 7.93. The van der Waals surface area contributed by atoms with Gasteiger partial charge in [-0.2, -0.15) is 18.3 Å². The van der Waals surface area contributed by atoms with Gasteiger partial charge in [-0.25, -0.2) is 4.79 Å². The summed E-state index contributed by atoms with van der Waals surface area (Å²) >= 11 is 6.17. The van der Waals surface area contributed by atoms with Crippen LogP contribution in [0.2, 0.25) is 5.02 Å². The number of nitrogens with zero attached hydrogens (tertiary/aromatic N) is 2. The van der Waals surface area contributed by atoms with Crippen molar-refractivity contribution in [1.82, 2.24) is 9.78 Å². The standard InChI is InChI=1S/C22H22ClF3N2O2/c23-18-6-3-5-17(22(24,25)26)16(18)12-19-15-4-1-2-7-20(15)28(27-19)14-10-8-13(9-11-14)21(29)30/h3,5-6,8,14H,1-2,4,7,9-12H2,(H,29,30). The minimum Gasteiger partial charge on any atom is -0.478 e. The second-order valence-corrected chi connectivity index (χ2v) is 8.33. The normalized spacial score (nSPS) is 19.3. The van der Waals surface area contributed by atoms with Crippen molar-refractivity contribution in [2.45, 2.75) is 63.6 Å². The number of aromatic nitrogens is 2. The van der Waals surface area contributed by atoms with Gasteiger partial charge < -0.3 is 5.11 Å². The molecule has 0 aliphatic heterocycles. The van der Waals surface area contributed by atoms with Crippen molar-refractivity contribution >= 4 is 17.6 Å². The van der Waals surface area contributed by atoms with E-state index < -0.39 is 17.7 Å². The molecule has 0 bridgehead atoms. The highest BCUT2D eigenvalue weighted by atomic mass is 35.5. The molecule has 1 heterocycles. The maximum atomic E-state index is 13.5. The Hall–Kier alpha value is -2.28. The van der Waals surface area contributed by atoms with Crippen molar-refractivity contribution in [2.24, 2.45) is 0 Å². The summed E-state index contributed by atoms with van der Waals surface area (Å²) in [6, 6.07) is 3.89. The van der Waals surface area contributed by atoms with Gasteiger partial charge in [0.25, 0.3) is 0 Å². The molecule has 2 aliphatic carbocycles. The van der Waals surface area contributed by atoms with Gasteiger partial charge in [-0.05, 0) is 68.2 Å². The fraction of sp³-hybridized carbons (Fsp3) is 0.455. The van der Waals surface area contributed by atoms with Crippen LogP contribution in [0, 0.1) is 0 Å². The van der Waals surface area contributed by atoms with E-state index in [-0.39, 0.29) is 23.0 Å². The lowest BCUT2D eigenvalue weighted by atomic mass is 9.91. The molecule has 8 heteroatoms. The Balaban J connectivity index is 1.71. The van der Waals surface area contributed by atoms with Gasteiger partial charge in [0, 0.05) is 22.7 Å². The number of aliphatic carboxylic acids is 1. The summed E-state index contributed by atoms with van der Waals surface area (Å²) in [5.41, 5.74) is 2.51. The van der Waals surface area contributed by atoms with E-state index in [1.165, 1.54) is 12.1 Å². The van der Waals surface area contributed by atoms with E-state index in [0.717, 1.165) is 43.0 Å². The van der Waals surface area contributed by atoms with Gasteiger partial charge in [0.15, 0.2) is 0 Å². The molecular formula is C22H22ClF3N2O2. The van der Waals surface area contributed by atoms with Crippen LogP contribution in [0.1, 0.15) is 66.2 Å². The minimum absolute atomic E-state index is 0.0297. The molecule has 2 aromatic rings. The van der Waals surface area contributed by atoms with Crippen molar-refractivity contribution in [1.29, 1.82) is 0 Å². The van der Waals surface area contributed by atoms with Crippen LogP contribution < -0.4 is 0 Å². The highest BCUT2D eigenvalue weighted by Crippen LogP contribution is 2.38. The number of hydrogen-bond acceptors (Lipinski definition) is 2. The lowest BCUT2D eigenvalue weighted by Crippen LogP contribution is -2.19. The monoisotopic (exact) mass is 438 g/mol. The van der Waals surface area contributed by atoms with Crippen molar-refractivity contribution in [3.63, 3.8) is 0 Å². The van der Waals surface area contributed by atoms with Gasteiger partial charge in [-0.15, -0.1) is 0 Å². The van der Waals surface area contributed by atoms with Crippen LogP contribution in [0.5, 0.6) is 0 Å². The molecule has 30 heavy (non-hydrogen) atoms. The molecule has 4 nitrogen and oxygen atoms in total. The third kappa shape index (κ3) is 4.00. The number of carbonyl (C=O) groups is 1. The van der Waals surface area contributed by atoms with Gasteiger partial charge >= 0.3 is 12.1 Å². The zero-order chi connectivity index (χ0) is 21.5. The Morgan fingerprint density at radius 1 is 1.23 bits per heavy atom.